The highest BCUT2D eigenvalue weighted by molar-refractivity contribution is 6.21. The van der Waals surface area contributed by atoms with E-state index in [1.807, 2.05) is 18.2 Å². The van der Waals surface area contributed by atoms with Gasteiger partial charge in [-0.05, 0) is 43.5 Å². The molecule has 3 aliphatic heterocycles. The van der Waals surface area contributed by atoms with Gasteiger partial charge in [0, 0.05) is 56.4 Å². The van der Waals surface area contributed by atoms with Gasteiger partial charge in [-0.2, -0.15) is 4.98 Å². The van der Waals surface area contributed by atoms with Gasteiger partial charge in [0.1, 0.15) is 17.1 Å². The second kappa shape index (κ2) is 11.1. The fourth-order valence-electron chi connectivity index (χ4n) is 5.16. The standard InChI is InChI=1S/C29H30FN9O3/c1-4-25(40)33-18-5-7-21(30)23(15-18)39-26-20(27(41)38-10-9-31-29(38)39)17-32-28(35-26)34-22-8-6-19(16-24(22)42-3)37-13-11-36(2)12-14-37/h4-8,15-17H,1,9-14H2,2-3H3,(H,33,40)(H,32,34,35). The number of piperazine rings is 1. The van der Waals surface area contributed by atoms with Crippen LogP contribution in [-0.4, -0.2) is 91.0 Å². The lowest BCUT2D eigenvalue weighted by molar-refractivity contribution is -0.111. The molecule has 42 heavy (non-hydrogen) atoms. The number of guanidine groups is 1. The maximum atomic E-state index is 15.4. The van der Waals surface area contributed by atoms with Crippen molar-refractivity contribution in [2.45, 2.75) is 0 Å². The van der Waals surface area contributed by atoms with Crippen LogP contribution >= 0.6 is 0 Å². The molecule has 2 aromatic carbocycles. The fraction of sp³-hybridized carbons (Fsp3) is 0.276. The predicted molar refractivity (Wildman–Crippen MR) is 159 cm³/mol. The van der Waals surface area contributed by atoms with Crippen molar-refractivity contribution in [3.05, 3.63) is 66.6 Å². The number of carbonyl (C=O) groups excluding carboxylic acids is 2. The van der Waals surface area contributed by atoms with Crippen LogP contribution in [0, 0.1) is 5.82 Å². The van der Waals surface area contributed by atoms with Crippen molar-refractivity contribution in [1.29, 1.82) is 0 Å². The molecule has 1 aromatic heterocycles. The molecule has 6 rings (SSSR count). The topological polar surface area (TPSA) is 119 Å². The molecular weight excluding hydrogens is 541 g/mol. The maximum absolute atomic E-state index is 15.4. The molecular formula is C29H30FN9O3. The smallest absolute Gasteiger partial charge is 0.266 e. The van der Waals surface area contributed by atoms with E-state index in [1.165, 1.54) is 34.2 Å². The lowest BCUT2D eigenvalue weighted by Gasteiger charge is -2.35. The Morgan fingerprint density at radius 3 is 2.69 bits per heavy atom. The minimum atomic E-state index is -0.587. The van der Waals surface area contributed by atoms with Crippen molar-refractivity contribution in [2.24, 2.45) is 4.99 Å². The molecule has 2 amide bonds. The van der Waals surface area contributed by atoms with E-state index in [0.717, 1.165) is 37.9 Å². The summed E-state index contributed by atoms with van der Waals surface area (Å²) in [6.07, 6.45) is 2.54. The van der Waals surface area contributed by atoms with Gasteiger partial charge in [0.05, 0.1) is 25.0 Å². The predicted octanol–water partition coefficient (Wildman–Crippen LogP) is 3.21. The number of halogens is 1. The quantitative estimate of drug-likeness (QED) is 0.412. The normalized spacial score (nSPS) is 16.5. The Balaban J connectivity index is 1.36. The van der Waals surface area contributed by atoms with E-state index in [4.69, 9.17) is 4.74 Å². The number of nitrogens with zero attached hydrogens (tertiary/aromatic N) is 7. The summed E-state index contributed by atoms with van der Waals surface area (Å²) in [5.74, 6) is -0.163. The molecule has 0 radical (unpaired) electrons. The second-order valence-electron chi connectivity index (χ2n) is 10.1. The Bertz CT molecular complexity index is 1600. The van der Waals surface area contributed by atoms with Crippen LogP contribution in [0.3, 0.4) is 0 Å². The summed E-state index contributed by atoms with van der Waals surface area (Å²) >= 11 is 0. The number of aliphatic imine (C=N–C) groups is 1. The number of carbonyl (C=O) groups is 2. The number of methoxy groups -OCH3 is 1. The monoisotopic (exact) mass is 571 g/mol. The Kier molecular flexibility index (Phi) is 7.17. The van der Waals surface area contributed by atoms with Crippen molar-refractivity contribution in [1.82, 2.24) is 19.8 Å². The van der Waals surface area contributed by atoms with E-state index in [9.17, 15) is 9.59 Å². The van der Waals surface area contributed by atoms with Gasteiger partial charge in [-0.3, -0.25) is 24.4 Å². The average molecular weight is 572 g/mol. The number of likely N-dealkylation sites (N-methyl/N-ethyl adjacent to an activating group) is 1. The summed E-state index contributed by atoms with van der Waals surface area (Å²) in [6.45, 7) is 7.95. The number of hydrogen-bond acceptors (Lipinski definition) is 10. The Hall–Kier alpha value is -5.04. The average Bonchev–Trinajstić information content (AvgIpc) is 3.49. The summed E-state index contributed by atoms with van der Waals surface area (Å²) in [5, 5.41) is 5.83. The van der Waals surface area contributed by atoms with Gasteiger partial charge >= 0.3 is 0 Å². The maximum Gasteiger partial charge on any atom is 0.266 e. The van der Waals surface area contributed by atoms with Crippen LogP contribution in [-0.2, 0) is 4.79 Å². The first-order valence-corrected chi connectivity index (χ1v) is 13.5. The number of fused-ring (bicyclic) bond motifs is 2. The molecule has 0 bridgehead atoms. The highest BCUT2D eigenvalue weighted by Gasteiger charge is 2.40. The Morgan fingerprint density at radius 1 is 1.12 bits per heavy atom. The highest BCUT2D eigenvalue weighted by atomic mass is 19.1. The lowest BCUT2D eigenvalue weighted by Crippen LogP contribution is -2.48. The first-order chi connectivity index (χ1) is 20.4. The van der Waals surface area contributed by atoms with Crippen molar-refractivity contribution >= 4 is 52.3 Å². The van der Waals surface area contributed by atoms with Crippen LogP contribution in [0.4, 0.5) is 38.9 Å². The van der Waals surface area contributed by atoms with Crippen LogP contribution in [0.2, 0.25) is 0 Å². The van der Waals surface area contributed by atoms with Gasteiger partial charge in [-0.15, -0.1) is 0 Å². The van der Waals surface area contributed by atoms with E-state index < -0.39 is 11.7 Å². The number of amides is 2. The van der Waals surface area contributed by atoms with Crippen LogP contribution in [0.25, 0.3) is 0 Å². The molecule has 0 saturated carbocycles. The van der Waals surface area contributed by atoms with Gasteiger partial charge in [0.25, 0.3) is 5.91 Å². The van der Waals surface area contributed by atoms with E-state index in [0.29, 0.717) is 30.2 Å². The molecule has 216 valence electrons. The Labute approximate surface area is 242 Å². The third-order valence-corrected chi connectivity index (χ3v) is 7.41. The highest BCUT2D eigenvalue weighted by Crippen LogP contribution is 2.38. The molecule has 0 unspecified atom stereocenters. The largest absolute Gasteiger partial charge is 0.494 e. The number of ether oxygens (including phenoxy) is 1. The molecule has 0 spiro atoms. The SMILES string of the molecule is C=CC(=O)Nc1ccc(F)c(N2C3=NCCN3C(=O)c3cnc(Nc4ccc(N5CCN(C)CC5)cc4OC)nc32)c1. The third-order valence-electron chi connectivity index (χ3n) is 7.41. The van der Waals surface area contributed by atoms with E-state index in [2.05, 4.69) is 49.0 Å². The zero-order chi connectivity index (χ0) is 29.4. The zero-order valence-electron chi connectivity index (χ0n) is 23.3. The number of rotatable bonds is 7. The number of nitrogens with one attached hydrogen (secondary N) is 2. The van der Waals surface area contributed by atoms with E-state index in [1.54, 1.807) is 7.11 Å². The molecule has 2 N–H and O–H groups in total. The molecule has 3 aliphatic rings. The zero-order valence-corrected chi connectivity index (χ0v) is 23.3. The molecule has 12 nitrogen and oxygen atoms in total. The van der Waals surface area contributed by atoms with Gasteiger partial charge < -0.3 is 25.2 Å². The number of aromatic nitrogens is 2. The second-order valence-corrected chi connectivity index (χ2v) is 10.1. The van der Waals surface area contributed by atoms with Crippen LogP contribution in [0.15, 0.2) is 60.2 Å². The van der Waals surface area contributed by atoms with Crippen LogP contribution in [0.1, 0.15) is 10.4 Å². The van der Waals surface area contributed by atoms with E-state index in [-0.39, 0.29) is 34.9 Å². The van der Waals surface area contributed by atoms with Crippen molar-refractivity contribution in [2.75, 3.05) is 73.9 Å². The third kappa shape index (κ3) is 4.98. The molecule has 1 saturated heterocycles. The number of benzene rings is 2. The van der Waals surface area contributed by atoms with Gasteiger partial charge in [-0.1, -0.05) is 6.58 Å². The summed E-state index contributed by atoms with van der Waals surface area (Å²) in [6, 6.07) is 10.0. The van der Waals surface area contributed by atoms with Crippen LogP contribution < -0.4 is 25.2 Å². The Morgan fingerprint density at radius 2 is 1.93 bits per heavy atom. The molecule has 4 heterocycles. The molecule has 1 fully saturated rings. The van der Waals surface area contributed by atoms with Crippen molar-refractivity contribution < 1.29 is 18.7 Å². The molecule has 0 atom stereocenters. The number of anilines is 6. The van der Waals surface area contributed by atoms with Crippen molar-refractivity contribution in [3.8, 4) is 5.75 Å². The first kappa shape index (κ1) is 27.1. The van der Waals surface area contributed by atoms with Crippen molar-refractivity contribution in [3.63, 3.8) is 0 Å². The molecule has 0 aliphatic carbocycles. The van der Waals surface area contributed by atoms with Gasteiger partial charge in [-0.25, -0.2) is 9.37 Å². The molecule has 3 aromatic rings. The van der Waals surface area contributed by atoms with Crippen LogP contribution in [0.5, 0.6) is 5.75 Å². The van der Waals surface area contributed by atoms with E-state index >= 15 is 4.39 Å². The lowest BCUT2D eigenvalue weighted by atomic mass is 10.1. The minimum Gasteiger partial charge on any atom is -0.494 e. The first-order valence-electron chi connectivity index (χ1n) is 13.5. The summed E-state index contributed by atoms with van der Waals surface area (Å²) in [4.78, 5) is 46.3. The van der Waals surface area contributed by atoms with Gasteiger partial charge in [0.2, 0.25) is 17.8 Å². The summed E-state index contributed by atoms with van der Waals surface area (Å²) < 4.78 is 21.0. The summed E-state index contributed by atoms with van der Waals surface area (Å²) in [7, 11) is 3.71. The number of hydrogen-bond donors (Lipinski definition) is 2. The fourth-order valence-corrected chi connectivity index (χ4v) is 5.16. The summed E-state index contributed by atoms with van der Waals surface area (Å²) in [5.41, 5.74) is 2.28. The minimum absolute atomic E-state index is 0.0648. The van der Waals surface area contributed by atoms with Gasteiger partial charge in [0.15, 0.2) is 5.82 Å². The molecule has 13 heteroatoms.